The number of ether oxygens (including phenoxy) is 2. The van der Waals surface area contributed by atoms with Crippen molar-refractivity contribution in [3.63, 3.8) is 0 Å². The van der Waals surface area contributed by atoms with Crippen LogP contribution >= 0.6 is 46.6 Å². The number of carbonyl (C=O) groups is 1. The summed E-state index contributed by atoms with van der Waals surface area (Å²) in [6.07, 6.45) is 1.16. The van der Waals surface area contributed by atoms with Crippen LogP contribution in [-0.4, -0.2) is 27.7 Å². The molecule has 0 amide bonds. The van der Waals surface area contributed by atoms with Crippen LogP contribution in [0.4, 0.5) is 5.95 Å². The Morgan fingerprint density at radius 2 is 1.74 bits per heavy atom. The lowest BCUT2D eigenvalue weighted by Gasteiger charge is -2.38. The minimum absolute atomic E-state index is 0.0859. The van der Waals surface area contributed by atoms with E-state index in [2.05, 4.69) is 19.2 Å². The first-order valence-electron chi connectivity index (χ1n) is 13.7. The van der Waals surface area contributed by atoms with Crippen molar-refractivity contribution in [2.24, 2.45) is 5.41 Å². The Kier molecular flexibility index (Phi) is 8.39. The number of halogens is 3. The number of fused-ring (bicyclic) bond motifs is 1. The normalized spacial score (nSPS) is 17.3. The van der Waals surface area contributed by atoms with E-state index < -0.39 is 6.04 Å². The molecule has 43 heavy (non-hydrogen) atoms. The predicted octanol–water partition coefficient (Wildman–Crippen LogP) is 8.78. The number of rotatable bonds is 8. The van der Waals surface area contributed by atoms with Crippen molar-refractivity contribution in [2.45, 2.75) is 50.2 Å². The Morgan fingerprint density at radius 3 is 2.49 bits per heavy atom. The van der Waals surface area contributed by atoms with Gasteiger partial charge in [-0.1, -0.05) is 90.7 Å². The average Bonchev–Trinajstić information content (AvgIpc) is 3.37. The number of methoxy groups -OCH3 is 1. The van der Waals surface area contributed by atoms with Crippen LogP contribution in [0.2, 0.25) is 15.1 Å². The molecule has 6 rings (SSSR count). The quantitative estimate of drug-likeness (QED) is 0.190. The lowest BCUT2D eigenvalue weighted by molar-refractivity contribution is -0.118. The summed E-state index contributed by atoms with van der Waals surface area (Å²) in [6.45, 7) is 4.38. The number of anilines is 1. The highest BCUT2D eigenvalue weighted by molar-refractivity contribution is 7.98. The van der Waals surface area contributed by atoms with Crippen molar-refractivity contribution in [2.75, 3.05) is 12.4 Å². The summed E-state index contributed by atoms with van der Waals surface area (Å²) in [6, 6.07) is 18.2. The summed E-state index contributed by atoms with van der Waals surface area (Å²) in [4.78, 5) is 18.5. The van der Waals surface area contributed by atoms with Crippen LogP contribution in [0.25, 0.3) is 0 Å². The Hall–Kier alpha value is -3.17. The predicted molar refractivity (Wildman–Crippen MR) is 172 cm³/mol. The molecule has 3 aromatic carbocycles. The Bertz CT molecular complexity index is 1730. The molecule has 2 aliphatic rings. The number of Topliss-reactive ketones (excluding diaryl/α,β-unsaturated/α-hetero) is 1. The zero-order valence-corrected chi connectivity index (χ0v) is 26.9. The molecule has 1 aliphatic carbocycles. The average molecular weight is 656 g/mol. The highest BCUT2D eigenvalue weighted by atomic mass is 35.5. The molecule has 1 atom stereocenters. The van der Waals surface area contributed by atoms with Gasteiger partial charge in [-0.15, -0.1) is 5.10 Å². The molecule has 2 heterocycles. The molecule has 4 aromatic rings. The summed E-state index contributed by atoms with van der Waals surface area (Å²) in [5.41, 5.74) is 3.91. The topological polar surface area (TPSA) is 78.3 Å². The van der Waals surface area contributed by atoms with Gasteiger partial charge in [0.1, 0.15) is 12.6 Å². The minimum atomic E-state index is -0.488. The maximum atomic E-state index is 13.7. The maximum Gasteiger partial charge on any atom is 0.227 e. The lowest BCUT2D eigenvalue weighted by atomic mass is 9.73. The van der Waals surface area contributed by atoms with Crippen molar-refractivity contribution in [3.8, 4) is 11.5 Å². The number of aromatic nitrogens is 3. The summed E-state index contributed by atoms with van der Waals surface area (Å²) in [7, 11) is 1.58. The Labute approximate surface area is 269 Å². The molecule has 0 saturated carbocycles. The van der Waals surface area contributed by atoms with Crippen LogP contribution in [0.1, 0.15) is 49.4 Å². The highest BCUT2D eigenvalue weighted by Gasteiger charge is 2.42. The number of benzene rings is 3. The van der Waals surface area contributed by atoms with E-state index in [4.69, 9.17) is 54.4 Å². The van der Waals surface area contributed by atoms with E-state index in [1.54, 1.807) is 30.0 Å². The van der Waals surface area contributed by atoms with Gasteiger partial charge in [0.15, 0.2) is 17.3 Å². The number of nitrogens with zero attached hydrogens (tertiary/aromatic N) is 3. The fourth-order valence-electron chi connectivity index (χ4n) is 5.51. The van der Waals surface area contributed by atoms with Gasteiger partial charge in [0.25, 0.3) is 0 Å². The monoisotopic (exact) mass is 654 g/mol. The molecular formula is C32H29Cl3N4O3S. The molecule has 1 aromatic heterocycles. The van der Waals surface area contributed by atoms with Gasteiger partial charge < -0.3 is 14.8 Å². The van der Waals surface area contributed by atoms with Crippen LogP contribution in [0.3, 0.4) is 0 Å². The minimum Gasteiger partial charge on any atom is -0.493 e. The third kappa shape index (κ3) is 6.11. The molecule has 1 N–H and O–H groups in total. The smallest absolute Gasteiger partial charge is 0.227 e. The van der Waals surface area contributed by atoms with Crippen molar-refractivity contribution >= 4 is 58.3 Å². The highest BCUT2D eigenvalue weighted by Crippen LogP contribution is 2.47. The third-order valence-electron chi connectivity index (χ3n) is 7.56. The molecule has 0 saturated heterocycles. The second kappa shape index (κ2) is 12.1. The third-order valence-corrected chi connectivity index (χ3v) is 9.53. The van der Waals surface area contributed by atoms with Crippen LogP contribution < -0.4 is 14.8 Å². The van der Waals surface area contributed by atoms with Crippen LogP contribution in [0.15, 0.2) is 77.1 Å². The molecule has 1 unspecified atom stereocenters. The second-order valence-corrected chi connectivity index (χ2v) is 13.5. The molecule has 1 aliphatic heterocycles. The second-order valence-electron chi connectivity index (χ2n) is 11.3. The number of hydrogen-bond acceptors (Lipinski definition) is 7. The Balaban J connectivity index is 1.35. The number of hydrogen-bond donors (Lipinski definition) is 1. The van der Waals surface area contributed by atoms with Crippen LogP contribution in [0, 0.1) is 5.41 Å². The van der Waals surface area contributed by atoms with Gasteiger partial charge in [0, 0.05) is 44.1 Å². The standard InChI is InChI=1S/C32H29Cl3N4O3S/c1-32(2)14-24-28(25(40)15-32)29(39-30(36-24)37-31(38-39)43-17-19-7-4-5-8-21(19)33)18-11-12-26(27(13-18)41-3)42-16-20-22(34)9-6-10-23(20)35/h4-13,29H,14-17H2,1-3H3,(H,36,37,38). The van der Waals surface area contributed by atoms with Crippen molar-refractivity contribution in [1.29, 1.82) is 0 Å². The van der Waals surface area contributed by atoms with E-state index in [9.17, 15) is 4.79 Å². The molecule has 222 valence electrons. The number of ketones is 1. The number of allylic oxidation sites excluding steroid dienone is 2. The van der Waals surface area contributed by atoms with Crippen molar-refractivity contribution in [3.05, 3.63) is 104 Å². The van der Waals surface area contributed by atoms with Crippen molar-refractivity contribution < 1.29 is 14.3 Å². The first-order valence-corrected chi connectivity index (χ1v) is 15.8. The van der Waals surface area contributed by atoms with Gasteiger partial charge in [-0.25, -0.2) is 4.68 Å². The lowest BCUT2D eigenvalue weighted by Crippen LogP contribution is -2.36. The van der Waals surface area contributed by atoms with E-state index in [1.165, 1.54) is 11.8 Å². The number of nitrogens with one attached hydrogen (secondary N) is 1. The molecule has 11 heteroatoms. The van der Waals surface area contributed by atoms with Crippen LogP contribution in [-0.2, 0) is 17.2 Å². The molecule has 7 nitrogen and oxygen atoms in total. The van der Waals surface area contributed by atoms with Gasteiger partial charge in [-0.2, -0.15) is 4.98 Å². The summed E-state index contributed by atoms with van der Waals surface area (Å²) >= 11 is 20.6. The van der Waals surface area contributed by atoms with E-state index in [1.807, 2.05) is 42.5 Å². The van der Waals surface area contributed by atoms with Gasteiger partial charge >= 0.3 is 0 Å². The fourth-order valence-corrected chi connectivity index (χ4v) is 7.13. The first-order chi connectivity index (χ1) is 20.6. The SMILES string of the molecule is COc1cc(C2C3=C(CC(C)(C)CC3=O)Nc3nc(SCc4ccccc4Cl)nn32)ccc1OCc1c(Cl)cccc1Cl. The first kappa shape index (κ1) is 29.9. The van der Waals surface area contributed by atoms with Gasteiger partial charge in [0.05, 0.1) is 7.11 Å². The molecule has 0 spiro atoms. The number of carbonyl (C=O) groups excluding carboxylic acids is 1. The molecular weight excluding hydrogens is 627 g/mol. The molecule has 0 radical (unpaired) electrons. The van der Waals surface area contributed by atoms with Gasteiger partial charge in [-0.3, -0.25) is 4.79 Å². The van der Waals surface area contributed by atoms with Gasteiger partial charge in [0.2, 0.25) is 11.1 Å². The fraction of sp³-hybridized carbons (Fsp3) is 0.281. The molecule has 0 fully saturated rings. The number of thioether (sulfide) groups is 1. The summed E-state index contributed by atoms with van der Waals surface area (Å²) in [5.74, 6) is 2.32. The van der Waals surface area contributed by atoms with E-state index in [0.29, 0.717) is 61.0 Å². The maximum absolute atomic E-state index is 13.7. The van der Waals surface area contributed by atoms with Crippen LogP contribution in [0.5, 0.6) is 11.5 Å². The summed E-state index contributed by atoms with van der Waals surface area (Å²) in [5, 5.41) is 10.6. The van der Waals surface area contributed by atoms with E-state index in [0.717, 1.165) is 23.2 Å². The molecule has 0 bridgehead atoms. The zero-order valence-electron chi connectivity index (χ0n) is 23.8. The van der Waals surface area contributed by atoms with E-state index in [-0.39, 0.29) is 17.8 Å². The largest absolute Gasteiger partial charge is 0.493 e. The zero-order chi connectivity index (χ0) is 30.3. The van der Waals surface area contributed by atoms with E-state index >= 15 is 0 Å². The summed E-state index contributed by atoms with van der Waals surface area (Å²) < 4.78 is 13.6. The van der Waals surface area contributed by atoms with Crippen molar-refractivity contribution in [1.82, 2.24) is 14.8 Å². The Morgan fingerprint density at radius 1 is 1.00 bits per heavy atom. The van der Waals surface area contributed by atoms with Gasteiger partial charge in [-0.05, 0) is 53.3 Å².